The van der Waals surface area contributed by atoms with Crippen molar-refractivity contribution in [1.29, 1.82) is 0 Å². The molecule has 0 fully saturated rings. The lowest BCUT2D eigenvalue weighted by Crippen LogP contribution is -2.28. The van der Waals surface area contributed by atoms with E-state index >= 15 is 0 Å². The molecule has 0 spiro atoms. The minimum absolute atomic E-state index is 0.122. The maximum Gasteiger partial charge on any atom is 0.310 e. The van der Waals surface area contributed by atoms with E-state index in [1.54, 1.807) is 0 Å². The molecule has 19 heavy (non-hydrogen) atoms. The number of nitrogens with one attached hydrogen (secondary N) is 1. The third kappa shape index (κ3) is 4.23. The average Bonchev–Trinajstić information content (AvgIpc) is 2.42. The summed E-state index contributed by atoms with van der Waals surface area (Å²) in [4.78, 5) is 32.0. The molecule has 1 rings (SSSR count). The summed E-state index contributed by atoms with van der Waals surface area (Å²) >= 11 is 0. The monoisotopic (exact) mass is 264 g/mol. The molecule has 1 amide bonds. The van der Waals surface area contributed by atoms with Crippen LogP contribution in [-0.2, 0) is 4.79 Å². The third-order valence-corrected chi connectivity index (χ3v) is 2.12. The lowest BCUT2D eigenvalue weighted by Gasteiger charge is -2.07. The number of ether oxygens (including phenoxy) is 1. The van der Waals surface area contributed by atoms with Gasteiger partial charge in [0.15, 0.2) is 12.4 Å². The zero-order chi connectivity index (χ0) is 14.3. The van der Waals surface area contributed by atoms with E-state index in [0.717, 1.165) is 6.07 Å². The van der Waals surface area contributed by atoms with Crippen LogP contribution in [0.5, 0.6) is 5.75 Å². The summed E-state index contributed by atoms with van der Waals surface area (Å²) in [5.74, 6) is -0.561. The lowest BCUT2D eigenvalue weighted by atomic mass is 10.2. The Morgan fingerprint density at radius 3 is 2.84 bits per heavy atom. The van der Waals surface area contributed by atoms with E-state index in [-0.39, 0.29) is 30.2 Å². The molecule has 0 saturated heterocycles. The van der Waals surface area contributed by atoms with Crippen molar-refractivity contribution in [2.45, 2.75) is 0 Å². The van der Waals surface area contributed by atoms with Crippen LogP contribution in [-0.4, -0.2) is 30.3 Å². The fraction of sp³-hybridized carbons (Fsp3) is 0.167. The number of hydrogen-bond acceptors (Lipinski definition) is 5. The van der Waals surface area contributed by atoms with Crippen LogP contribution < -0.4 is 10.1 Å². The van der Waals surface area contributed by atoms with Gasteiger partial charge in [-0.15, -0.1) is 6.58 Å². The van der Waals surface area contributed by atoms with Crippen LogP contribution in [0.25, 0.3) is 0 Å². The smallest absolute Gasteiger partial charge is 0.310 e. The first-order valence-corrected chi connectivity index (χ1v) is 5.32. The molecular formula is C12H12N2O5. The van der Waals surface area contributed by atoms with Gasteiger partial charge in [-0.2, -0.15) is 0 Å². The first-order valence-electron chi connectivity index (χ1n) is 5.32. The molecule has 0 aliphatic rings. The van der Waals surface area contributed by atoms with E-state index in [9.17, 15) is 19.7 Å². The van der Waals surface area contributed by atoms with Crippen molar-refractivity contribution in [2.75, 3.05) is 13.2 Å². The van der Waals surface area contributed by atoms with Crippen LogP contribution in [0, 0.1) is 10.1 Å². The van der Waals surface area contributed by atoms with Crippen LogP contribution >= 0.6 is 0 Å². The quantitative estimate of drug-likeness (QED) is 0.344. The van der Waals surface area contributed by atoms with Gasteiger partial charge in [0.2, 0.25) is 0 Å². The van der Waals surface area contributed by atoms with Gasteiger partial charge in [-0.05, 0) is 12.1 Å². The third-order valence-electron chi connectivity index (χ3n) is 2.12. The Kier molecular flexibility index (Phi) is 5.21. The maximum atomic E-state index is 11.3. The van der Waals surface area contributed by atoms with Gasteiger partial charge >= 0.3 is 5.69 Å². The first-order chi connectivity index (χ1) is 9.08. The van der Waals surface area contributed by atoms with E-state index in [2.05, 4.69) is 11.9 Å². The minimum atomic E-state index is -0.647. The summed E-state index contributed by atoms with van der Waals surface area (Å²) in [7, 11) is 0. The molecule has 0 heterocycles. The molecule has 1 N–H and O–H groups in total. The summed E-state index contributed by atoms with van der Waals surface area (Å²) in [6.45, 7) is 3.33. The van der Waals surface area contributed by atoms with Crippen LogP contribution in [0.15, 0.2) is 30.9 Å². The van der Waals surface area contributed by atoms with Gasteiger partial charge in [0.1, 0.15) is 6.29 Å². The van der Waals surface area contributed by atoms with Crippen LogP contribution in [0.1, 0.15) is 10.4 Å². The number of carbonyl (C=O) groups excluding carboxylic acids is 2. The van der Waals surface area contributed by atoms with Gasteiger partial charge in [-0.3, -0.25) is 19.7 Å². The number of carbonyl (C=O) groups is 2. The number of hydrogen-bond donors (Lipinski definition) is 1. The normalized spacial score (nSPS) is 9.47. The van der Waals surface area contributed by atoms with Crippen molar-refractivity contribution in [3.05, 3.63) is 46.5 Å². The van der Waals surface area contributed by atoms with E-state index < -0.39 is 10.8 Å². The Labute approximate surface area is 109 Å². The zero-order valence-electron chi connectivity index (χ0n) is 10.00. The summed E-state index contributed by atoms with van der Waals surface area (Å²) in [6, 6.07) is 3.67. The maximum absolute atomic E-state index is 11.3. The highest BCUT2D eigenvalue weighted by Gasteiger charge is 2.16. The fourth-order valence-corrected chi connectivity index (χ4v) is 1.25. The largest absolute Gasteiger partial charge is 0.477 e. The van der Waals surface area contributed by atoms with Gasteiger partial charge < -0.3 is 10.1 Å². The van der Waals surface area contributed by atoms with Crippen molar-refractivity contribution in [2.24, 2.45) is 0 Å². The van der Waals surface area contributed by atoms with E-state index in [1.807, 2.05) is 0 Å². The van der Waals surface area contributed by atoms with Crippen molar-refractivity contribution in [3.8, 4) is 5.75 Å². The number of nitrogens with zero attached hydrogens (tertiary/aromatic N) is 1. The Morgan fingerprint density at radius 2 is 2.26 bits per heavy atom. The van der Waals surface area contributed by atoms with Crippen molar-refractivity contribution < 1.29 is 19.2 Å². The van der Waals surface area contributed by atoms with Crippen molar-refractivity contribution >= 4 is 17.9 Å². The number of nitro benzene ring substituents is 1. The molecule has 100 valence electrons. The first kappa shape index (κ1) is 14.4. The molecule has 0 aliphatic heterocycles. The summed E-state index contributed by atoms with van der Waals surface area (Å²) in [5.41, 5.74) is -0.0748. The highest BCUT2D eigenvalue weighted by Crippen LogP contribution is 2.27. The number of aldehydes is 1. The molecule has 1 aromatic carbocycles. The second kappa shape index (κ2) is 6.90. The molecule has 0 aliphatic carbocycles. The van der Waals surface area contributed by atoms with E-state index in [1.165, 1.54) is 18.2 Å². The number of amides is 1. The molecule has 0 unspecified atom stereocenters. The van der Waals surface area contributed by atoms with Gasteiger partial charge in [0.25, 0.3) is 5.91 Å². The Morgan fingerprint density at radius 1 is 1.53 bits per heavy atom. The topological polar surface area (TPSA) is 98.5 Å². The predicted octanol–water partition coefficient (Wildman–Crippen LogP) is 1.09. The molecule has 7 nitrogen and oxygen atoms in total. The SMILES string of the molecule is C=CCNC(=O)COc1cc(C=O)ccc1[N+](=O)[O-]. The number of rotatable bonds is 7. The Hall–Kier alpha value is -2.70. The molecule has 0 radical (unpaired) electrons. The van der Waals surface area contributed by atoms with Gasteiger partial charge in [0.05, 0.1) is 4.92 Å². The molecule has 0 saturated carbocycles. The molecule has 7 heteroatoms. The van der Waals surface area contributed by atoms with Gasteiger partial charge in [-0.1, -0.05) is 6.08 Å². The van der Waals surface area contributed by atoms with Crippen LogP contribution in [0.2, 0.25) is 0 Å². The second-order valence-electron chi connectivity index (χ2n) is 3.48. The zero-order valence-corrected chi connectivity index (χ0v) is 10.00. The van der Waals surface area contributed by atoms with Crippen LogP contribution in [0.3, 0.4) is 0 Å². The molecule has 0 atom stereocenters. The molecular weight excluding hydrogens is 252 g/mol. The average molecular weight is 264 g/mol. The highest BCUT2D eigenvalue weighted by atomic mass is 16.6. The molecule has 1 aromatic rings. The number of nitro groups is 1. The summed E-state index contributed by atoms with van der Waals surface area (Å²) in [5, 5.41) is 13.2. The second-order valence-corrected chi connectivity index (χ2v) is 3.48. The fourth-order valence-electron chi connectivity index (χ4n) is 1.25. The standard InChI is InChI=1S/C12H12N2O5/c1-2-5-13-12(16)8-19-11-6-9(7-15)3-4-10(11)14(17)18/h2-4,6-7H,1,5,8H2,(H,13,16). The van der Waals surface area contributed by atoms with Crippen molar-refractivity contribution in [3.63, 3.8) is 0 Å². The van der Waals surface area contributed by atoms with E-state index in [0.29, 0.717) is 6.29 Å². The van der Waals surface area contributed by atoms with Crippen LogP contribution in [0.4, 0.5) is 5.69 Å². The Bertz CT molecular complexity index is 513. The van der Waals surface area contributed by atoms with Gasteiger partial charge in [-0.25, -0.2) is 0 Å². The lowest BCUT2D eigenvalue weighted by molar-refractivity contribution is -0.385. The van der Waals surface area contributed by atoms with Crippen molar-refractivity contribution in [1.82, 2.24) is 5.32 Å². The molecule has 0 aromatic heterocycles. The predicted molar refractivity (Wildman–Crippen MR) is 67.2 cm³/mol. The highest BCUT2D eigenvalue weighted by molar-refractivity contribution is 5.79. The minimum Gasteiger partial charge on any atom is -0.477 e. The Balaban J connectivity index is 2.80. The number of benzene rings is 1. The molecule has 0 bridgehead atoms. The van der Waals surface area contributed by atoms with E-state index in [4.69, 9.17) is 4.74 Å². The summed E-state index contributed by atoms with van der Waals surface area (Å²) in [6.07, 6.45) is 2.03. The van der Waals surface area contributed by atoms with Gasteiger partial charge in [0, 0.05) is 18.2 Å². The summed E-state index contributed by atoms with van der Waals surface area (Å²) < 4.78 is 5.05.